The van der Waals surface area contributed by atoms with Gasteiger partial charge in [0.05, 0.1) is 0 Å². The largest absolute Gasteiger partial charge is 0.0654 e. The minimum atomic E-state index is 0.887. The van der Waals surface area contributed by atoms with E-state index in [0.717, 1.165) is 5.92 Å². The average molecular weight is 253 g/mol. The topological polar surface area (TPSA) is 0 Å². The van der Waals surface area contributed by atoms with Crippen molar-refractivity contribution in [3.8, 4) is 0 Å². The fraction of sp³-hybridized carbons (Fsp3) is 0.944. The lowest BCUT2D eigenvalue weighted by atomic mass is 10.0. The molecule has 0 saturated carbocycles. The van der Waals surface area contributed by atoms with E-state index >= 15 is 0 Å². The molecule has 0 atom stereocenters. The van der Waals surface area contributed by atoms with Gasteiger partial charge in [0, 0.05) is 0 Å². The van der Waals surface area contributed by atoms with E-state index in [9.17, 15) is 0 Å². The van der Waals surface area contributed by atoms with Crippen molar-refractivity contribution in [1.29, 1.82) is 0 Å². The van der Waals surface area contributed by atoms with Gasteiger partial charge >= 0.3 is 0 Å². The molecule has 109 valence electrons. The molecule has 0 spiro atoms. The van der Waals surface area contributed by atoms with E-state index in [0.29, 0.717) is 0 Å². The molecule has 0 aliphatic heterocycles. The summed E-state index contributed by atoms with van der Waals surface area (Å²) in [5.41, 5.74) is 0. The Morgan fingerprint density at radius 2 is 1.17 bits per heavy atom. The summed E-state index contributed by atoms with van der Waals surface area (Å²) in [6, 6.07) is 0. The lowest BCUT2D eigenvalue weighted by Crippen LogP contribution is -1.87. The van der Waals surface area contributed by atoms with Crippen LogP contribution in [0.15, 0.2) is 0 Å². The van der Waals surface area contributed by atoms with Crippen LogP contribution in [0.1, 0.15) is 104 Å². The first-order valence-electron chi connectivity index (χ1n) is 8.59. The molecule has 0 aromatic carbocycles. The maximum Gasteiger partial charge on any atom is -0.0386 e. The van der Waals surface area contributed by atoms with Gasteiger partial charge in [-0.1, -0.05) is 104 Å². The van der Waals surface area contributed by atoms with E-state index in [1.807, 2.05) is 0 Å². The number of unbranched alkanes of at least 4 members (excludes halogenated alkanes) is 12. The molecule has 0 aliphatic carbocycles. The third kappa shape index (κ3) is 16.0. The number of hydrogen-bond acceptors (Lipinski definition) is 0. The van der Waals surface area contributed by atoms with Crippen LogP contribution < -0.4 is 0 Å². The fourth-order valence-electron chi connectivity index (χ4n) is 2.41. The molecule has 0 rings (SSSR count). The summed E-state index contributed by atoms with van der Waals surface area (Å²) in [7, 11) is 0. The van der Waals surface area contributed by atoms with Gasteiger partial charge in [0.1, 0.15) is 0 Å². The van der Waals surface area contributed by atoms with Crippen LogP contribution in [0.25, 0.3) is 0 Å². The van der Waals surface area contributed by atoms with Gasteiger partial charge in [0.25, 0.3) is 0 Å². The van der Waals surface area contributed by atoms with Crippen molar-refractivity contribution < 1.29 is 0 Å². The van der Waals surface area contributed by atoms with E-state index in [1.54, 1.807) is 0 Å². The van der Waals surface area contributed by atoms with E-state index in [-0.39, 0.29) is 0 Å². The first-order valence-corrected chi connectivity index (χ1v) is 8.59. The quantitative estimate of drug-likeness (QED) is 0.294. The zero-order valence-corrected chi connectivity index (χ0v) is 13.3. The van der Waals surface area contributed by atoms with Gasteiger partial charge in [-0.25, -0.2) is 0 Å². The van der Waals surface area contributed by atoms with Gasteiger partial charge in [-0.3, -0.25) is 0 Å². The Bertz CT molecular complexity index is 137. The summed E-state index contributed by atoms with van der Waals surface area (Å²) in [6.07, 6.45) is 21.0. The normalized spacial score (nSPS) is 11.3. The van der Waals surface area contributed by atoms with Crippen LogP contribution >= 0.6 is 0 Å². The van der Waals surface area contributed by atoms with Crippen LogP contribution in [0, 0.1) is 12.3 Å². The monoisotopic (exact) mass is 253 g/mol. The molecule has 0 aliphatic rings. The van der Waals surface area contributed by atoms with Gasteiger partial charge in [0.2, 0.25) is 0 Å². The van der Waals surface area contributed by atoms with E-state index in [1.165, 1.54) is 83.5 Å². The Hall–Kier alpha value is 0. The van der Waals surface area contributed by atoms with Crippen LogP contribution in [0.2, 0.25) is 0 Å². The van der Waals surface area contributed by atoms with Crippen molar-refractivity contribution >= 4 is 0 Å². The van der Waals surface area contributed by atoms with Gasteiger partial charge < -0.3 is 0 Å². The average Bonchev–Trinajstić information content (AvgIpc) is 2.34. The zero-order valence-electron chi connectivity index (χ0n) is 13.3. The van der Waals surface area contributed by atoms with Crippen LogP contribution in [-0.4, -0.2) is 0 Å². The Balaban J connectivity index is 2.90. The molecule has 0 nitrogen and oxygen atoms in total. The Labute approximate surface area is 117 Å². The third-order valence-electron chi connectivity index (χ3n) is 3.70. The van der Waals surface area contributed by atoms with Crippen LogP contribution in [0.3, 0.4) is 0 Å². The molecule has 18 heavy (non-hydrogen) atoms. The second-order valence-electron chi connectivity index (χ2n) is 6.23. The van der Waals surface area contributed by atoms with Gasteiger partial charge in [-0.15, -0.1) is 0 Å². The summed E-state index contributed by atoms with van der Waals surface area (Å²) < 4.78 is 0. The molecule has 0 saturated heterocycles. The van der Waals surface area contributed by atoms with Crippen molar-refractivity contribution in [2.24, 2.45) is 5.92 Å². The van der Waals surface area contributed by atoms with Gasteiger partial charge in [0.15, 0.2) is 0 Å². The minimum absolute atomic E-state index is 0.887. The minimum Gasteiger partial charge on any atom is -0.0654 e. The van der Waals surface area contributed by atoms with Crippen molar-refractivity contribution in [3.05, 3.63) is 6.42 Å². The SMILES string of the molecule is CCCCCCCCCC[CH]CCCCC(C)C. The molecule has 0 amide bonds. The first kappa shape index (κ1) is 18.0. The van der Waals surface area contributed by atoms with Crippen molar-refractivity contribution in [2.75, 3.05) is 0 Å². The molecule has 0 unspecified atom stereocenters. The predicted molar refractivity (Wildman–Crippen MR) is 84.8 cm³/mol. The molecule has 0 N–H and O–H groups in total. The highest BCUT2D eigenvalue weighted by molar-refractivity contribution is 4.64. The maximum absolute atomic E-state index is 2.53. The number of hydrogen-bond donors (Lipinski definition) is 0. The lowest BCUT2D eigenvalue weighted by Gasteiger charge is -2.04. The molecule has 0 heterocycles. The molecule has 0 fully saturated rings. The maximum atomic E-state index is 2.53. The Morgan fingerprint density at radius 1 is 0.667 bits per heavy atom. The highest BCUT2D eigenvalue weighted by Crippen LogP contribution is 2.13. The second-order valence-corrected chi connectivity index (χ2v) is 6.23. The summed E-state index contributed by atoms with van der Waals surface area (Å²) in [6.45, 7) is 6.94. The molecule has 0 aromatic rings. The van der Waals surface area contributed by atoms with Crippen molar-refractivity contribution in [3.63, 3.8) is 0 Å². The highest BCUT2D eigenvalue weighted by Gasteiger charge is 1.95. The smallest absolute Gasteiger partial charge is 0.0386 e. The zero-order chi connectivity index (χ0) is 13.5. The number of rotatable bonds is 14. The van der Waals surface area contributed by atoms with E-state index < -0.39 is 0 Å². The van der Waals surface area contributed by atoms with Gasteiger partial charge in [-0.05, 0) is 12.3 Å². The highest BCUT2D eigenvalue weighted by atomic mass is 14.0. The van der Waals surface area contributed by atoms with Crippen LogP contribution in [0.4, 0.5) is 0 Å². The molecule has 0 heteroatoms. The van der Waals surface area contributed by atoms with Crippen molar-refractivity contribution in [2.45, 2.75) is 104 Å². The lowest BCUT2D eigenvalue weighted by molar-refractivity contribution is 0.530. The summed E-state index contributed by atoms with van der Waals surface area (Å²) >= 11 is 0. The third-order valence-corrected chi connectivity index (χ3v) is 3.70. The summed E-state index contributed by atoms with van der Waals surface area (Å²) in [5.74, 6) is 0.887. The van der Waals surface area contributed by atoms with Gasteiger partial charge in [-0.2, -0.15) is 0 Å². The summed E-state index contributed by atoms with van der Waals surface area (Å²) in [5, 5.41) is 0. The molecule has 1 radical (unpaired) electrons. The molecule has 0 bridgehead atoms. The fourth-order valence-corrected chi connectivity index (χ4v) is 2.41. The molecular formula is C18H37. The standard InChI is InChI=1S/C18H37/c1-4-5-6-7-8-9-10-11-12-13-14-15-16-17-18(2)3/h13,18H,4-12,14-17H2,1-3H3. The predicted octanol–water partition coefficient (Wildman–Crippen LogP) is 6.94. The molecule has 0 aromatic heterocycles. The molecular weight excluding hydrogens is 216 g/mol. The van der Waals surface area contributed by atoms with E-state index in [4.69, 9.17) is 0 Å². The van der Waals surface area contributed by atoms with E-state index in [2.05, 4.69) is 27.2 Å². The van der Waals surface area contributed by atoms with Crippen LogP contribution in [0.5, 0.6) is 0 Å². The first-order chi connectivity index (χ1) is 8.77. The second kappa shape index (κ2) is 15.1. The Kier molecular flexibility index (Phi) is 15.1. The van der Waals surface area contributed by atoms with Crippen LogP contribution in [-0.2, 0) is 0 Å². The summed E-state index contributed by atoms with van der Waals surface area (Å²) in [4.78, 5) is 0. The van der Waals surface area contributed by atoms with Crippen molar-refractivity contribution in [1.82, 2.24) is 0 Å². The Morgan fingerprint density at radius 3 is 1.72 bits per heavy atom.